The van der Waals surface area contributed by atoms with E-state index in [1.807, 2.05) is 24.3 Å². The van der Waals surface area contributed by atoms with Gasteiger partial charge in [0.05, 0.1) is 5.56 Å². The second kappa shape index (κ2) is 7.19. The highest BCUT2D eigenvalue weighted by Gasteiger charge is 2.02. The SMILES string of the molecule is O=C(O)c1ccc(CNC(=S)Nc2ccc(Br)cc2)cc1. The molecule has 0 aliphatic carbocycles. The van der Waals surface area contributed by atoms with E-state index in [9.17, 15) is 4.79 Å². The number of rotatable bonds is 4. The van der Waals surface area contributed by atoms with Gasteiger partial charge >= 0.3 is 5.97 Å². The number of carboxylic acid groups (broad SMARTS) is 1. The zero-order chi connectivity index (χ0) is 15.2. The third kappa shape index (κ3) is 4.84. The van der Waals surface area contributed by atoms with Gasteiger partial charge in [-0.3, -0.25) is 0 Å². The molecule has 0 saturated heterocycles. The molecule has 0 aromatic heterocycles. The molecule has 0 radical (unpaired) electrons. The van der Waals surface area contributed by atoms with E-state index in [4.69, 9.17) is 17.3 Å². The zero-order valence-electron chi connectivity index (χ0n) is 11.0. The molecule has 2 rings (SSSR count). The molecule has 0 amide bonds. The van der Waals surface area contributed by atoms with E-state index in [1.54, 1.807) is 24.3 Å². The molecule has 0 spiro atoms. The second-order valence-corrected chi connectivity index (χ2v) is 5.64. The highest BCUT2D eigenvalue weighted by Crippen LogP contribution is 2.14. The summed E-state index contributed by atoms with van der Waals surface area (Å²) in [4.78, 5) is 10.8. The number of carbonyl (C=O) groups is 1. The fourth-order valence-electron chi connectivity index (χ4n) is 1.66. The smallest absolute Gasteiger partial charge is 0.335 e. The van der Waals surface area contributed by atoms with Crippen LogP contribution in [0.2, 0.25) is 0 Å². The van der Waals surface area contributed by atoms with Crippen molar-refractivity contribution in [3.8, 4) is 0 Å². The van der Waals surface area contributed by atoms with Crippen molar-refractivity contribution in [2.24, 2.45) is 0 Å². The number of aromatic carboxylic acids is 1. The van der Waals surface area contributed by atoms with Crippen LogP contribution in [0.15, 0.2) is 53.0 Å². The lowest BCUT2D eigenvalue weighted by atomic mass is 10.1. The summed E-state index contributed by atoms with van der Waals surface area (Å²) in [6.07, 6.45) is 0. The Balaban J connectivity index is 1.86. The van der Waals surface area contributed by atoms with Gasteiger partial charge in [0.2, 0.25) is 0 Å². The lowest BCUT2D eigenvalue weighted by molar-refractivity contribution is 0.0697. The number of thiocarbonyl (C=S) groups is 1. The van der Waals surface area contributed by atoms with Gasteiger partial charge in [0.25, 0.3) is 0 Å². The molecule has 2 aromatic rings. The first kappa shape index (κ1) is 15.5. The predicted octanol–water partition coefficient (Wildman–Crippen LogP) is 3.63. The summed E-state index contributed by atoms with van der Waals surface area (Å²) in [5, 5.41) is 15.5. The van der Waals surface area contributed by atoms with E-state index in [2.05, 4.69) is 26.6 Å². The van der Waals surface area contributed by atoms with Gasteiger partial charge in [0.15, 0.2) is 5.11 Å². The van der Waals surface area contributed by atoms with E-state index in [0.717, 1.165) is 15.7 Å². The average molecular weight is 365 g/mol. The zero-order valence-corrected chi connectivity index (χ0v) is 13.4. The van der Waals surface area contributed by atoms with Gasteiger partial charge in [-0.05, 0) is 54.2 Å². The summed E-state index contributed by atoms with van der Waals surface area (Å²) >= 11 is 8.58. The molecule has 0 heterocycles. The maximum Gasteiger partial charge on any atom is 0.335 e. The van der Waals surface area contributed by atoms with Gasteiger partial charge in [-0.25, -0.2) is 4.79 Å². The maximum atomic E-state index is 10.8. The molecule has 6 heteroatoms. The van der Waals surface area contributed by atoms with Crippen LogP contribution < -0.4 is 10.6 Å². The molecular formula is C15H13BrN2O2S. The number of carboxylic acids is 1. The standard InChI is InChI=1S/C15H13BrN2O2S/c16-12-5-7-13(8-6-12)18-15(21)17-9-10-1-3-11(4-2-10)14(19)20/h1-8H,9H2,(H,19,20)(H2,17,18,21). The summed E-state index contributed by atoms with van der Waals surface area (Å²) in [6, 6.07) is 14.4. The lowest BCUT2D eigenvalue weighted by Gasteiger charge is -2.10. The van der Waals surface area contributed by atoms with Gasteiger partial charge in [-0.1, -0.05) is 28.1 Å². The van der Waals surface area contributed by atoms with Crippen molar-refractivity contribution >= 4 is 44.9 Å². The van der Waals surface area contributed by atoms with Crippen LogP contribution >= 0.6 is 28.1 Å². The minimum atomic E-state index is -0.929. The van der Waals surface area contributed by atoms with Crippen molar-refractivity contribution in [1.82, 2.24) is 5.32 Å². The number of hydrogen-bond donors (Lipinski definition) is 3. The Morgan fingerprint density at radius 3 is 2.29 bits per heavy atom. The average Bonchev–Trinajstić information content (AvgIpc) is 2.48. The first-order valence-corrected chi connectivity index (χ1v) is 7.37. The Hall–Kier alpha value is -1.92. The molecule has 2 aromatic carbocycles. The molecule has 108 valence electrons. The Morgan fingerprint density at radius 2 is 1.71 bits per heavy atom. The molecule has 0 bridgehead atoms. The fourth-order valence-corrected chi connectivity index (χ4v) is 2.11. The normalized spacial score (nSPS) is 9.95. The number of anilines is 1. The van der Waals surface area contributed by atoms with Gasteiger partial charge in [-0.2, -0.15) is 0 Å². The minimum absolute atomic E-state index is 0.273. The molecular weight excluding hydrogens is 352 g/mol. The lowest BCUT2D eigenvalue weighted by Crippen LogP contribution is -2.27. The van der Waals surface area contributed by atoms with Crippen molar-refractivity contribution < 1.29 is 9.90 Å². The Labute approximate surface area is 136 Å². The Morgan fingerprint density at radius 1 is 1.10 bits per heavy atom. The van der Waals surface area contributed by atoms with Crippen LogP contribution in [0, 0.1) is 0 Å². The third-order valence-electron chi connectivity index (χ3n) is 2.76. The molecule has 3 N–H and O–H groups in total. The second-order valence-electron chi connectivity index (χ2n) is 4.32. The summed E-state index contributed by atoms with van der Waals surface area (Å²) in [7, 11) is 0. The molecule has 0 fully saturated rings. The number of benzene rings is 2. The molecule has 4 nitrogen and oxygen atoms in total. The molecule has 0 unspecified atom stereocenters. The van der Waals surface area contributed by atoms with E-state index < -0.39 is 5.97 Å². The Bertz CT molecular complexity index is 642. The fraction of sp³-hybridized carbons (Fsp3) is 0.0667. The number of nitrogens with one attached hydrogen (secondary N) is 2. The molecule has 0 saturated carbocycles. The van der Waals surface area contributed by atoms with Crippen LogP contribution in [-0.4, -0.2) is 16.2 Å². The number of halogens is 1. The van der Waals surface area contributed by atoms with Crippen molar-refractivity contribution in [2.45, 2.75) is 6.54 Å². The topological polar surface area (TPSA) is 61.4 Å². The minimum Gasteiger partial charge on any atom is -0.478 e. The molecule has 21 heavy (non-hydrogen) atoms. The van der Waals surface area contributed by atoms with Crippen LogP contribution in [0.25, 0.3) is 0 Å². The first-order chi connectivity index (χ1) is 10.0. The van der Waals surface area contributed by atoms with Crippen LogP contribution in [0.5, 0.6) is 0 Å². The quantitative estimate of drug-likeness (QED) is 0.723. The van der Waals surface area contributed by atoms with Crippen molar-refractivity contribution in [1.29, 1.82) is 0 Å². The van der Waals surface area contributed by atoms with E-state index >= 15 is 0 Å². The maximum absolute atomic E-state index is 10.8. The van der Waals surface area contributed by atoms with Crippen LogP contribution in [0.1, 0.15) is 15.9 Å². The van der Waals surface area contributed by atoms with Gasteiger partial charge < -0.3 is 15.7 Å². The van der Waals surface area contributed by atoms with E-state index in [1.165, 1.54) is 0 Å². The van der Waals surface area contributed by atoms with Gasteiger partial charge in [-0.15, -0.1) is 0 Å². The molecule has 0 atom stereocenters. The third-order valence-corrected chi connectivity index (χ3v) is 3.53. The van der Waals surface area contributed by atoms with E-state index in [-0.39, 0.29) is 5.56 Å². The van der Waals surface area contributed by atoms with Crippen LogP contribution in [-0.2, 0) is 6.54 Å². The Kier molecular flexibility index (Phi) is 5.30. The van der Waals surface area contributed by atoms with Gasteiger partial charge in [0, 0.05) is 16.7 Å². The first-order valence-electron chi connectivity index (χ1n) is 6.17. The van der Waals surface area contributed by atoms with Crippen molar-refractivity contribution in [3.63, 3.8) is 0 Å². The summed E-state index contributed by atoms with van der Waals surface area (Å²) in [5.41, 5.74) is 2.13. The largest absolute Gasteiger partial charge is 0.478 e. The summed E-state index contributed by atoms with van der Waals surface area (Å²) < 4.78 is 1.01. The summed E-state index contributed by atoms with van der Waals surface area (Å²) in [6.45, 7) is 0.530. The monoisotopic (exact) mass is 364 g/mol. The molecule has 0 aliphatic heterocycles. The van der Waals surface area contributed by atoms with Crippen molar-refractivity contribution in [2.75, 3.05) is 5.32 Å². The van der Waals surface area contributed by atoms with Gasteiger partial charge in [0.1, 0.15) is 0 Å². The number of hydrogen-bond acceptors (Lipinski definition) is 2. The molecule has 0 aliphatic rings. The van der Waals surface area contributed by atoms with Crippen molar-refractivity contribution in [3.05, 3.63) is 64.1 Å². The highest BCUT2D eigenvalue weighted by atomic mass is 79.9. The van der Waals surface area contributed by atoms with Crippen LogP contribution in [0.3, 0.4) is 0 Å². The predicted molar refractivity (Wildman–Crippen MR) is 90.6 cm³/mol. The van der Waals surface area contributed by atoms with Crippen LogP contribution in [0.4, 0.5) is 5.69 Å². The highest BCUT2D eigenvalue weighted by molar-refractivity contribution is 9.10. The van der Waals surface area contributed by atoms with E-state index in [0.29, 0.717) is 11.7 Å². The summed E-state index contributed by atoms with van der Waals surface area (Å²) in [5.74, 6) is -0.929.